The Kier molecular flexibility index (Phi) is 5.83. The lowest BCUT2D eigenvalue weighted by molar-refractivity contribution is -0.145. The molecule has 0 aliphatic heterocycles. The van der Waals surface area contributed by atoms with Crippen molar-refractivity contribution in [3.63, 3.8) is 0 Å². The maximum Gasteiger partial charge on any atom is 0.313 e. The molecule has 0 bridgehead atoms. The first-order valence-electron chi connectivity index (χ1n) is 5.89. The second-order valence-corrected chi connectivity index (χ2v) is 4.75. The third kappa shape index (κ3) is 4.24. The molecule has 5 heteroatoms. The van der Waals surface area contributed by atoms with Crippen LogP contribution in [-0.4, -0.2) is 26.2 Å². The molecule has 0 spiro atoms. The number of halogens is 1. The van der Waals surface area contributed by atoms with Crippen molar-refractivity contribution in [2.24, 2.45) is 5.92 Å². The van der Waals surface area contributed by atoms with Crippen molar-refractivity contribution in [1.29, 1.82) is 0 Å². The number of ether oxygens (including phenoxy) is 2. The molecule has 104 valence electrons. The highest BCUT2D eigenvalue weighted by Crippen LogP contribution is 2.29. The predicted molar refractivity (Wildman–Crippen MR) is 72.0 cm³/mol. The highest BCUT2D eigenvalue weighted by atomic mass is 35.5. The zero-order valence-corrected chi connectivity index (χ0v) is 11.9. The largest absolute Gasteiger partial charge is 0.469 e. The van der Waals surface area contributed by atoms with Gasteiger partial charge in [-0.25, -0.2) is 0 Å². The maximum atomic E-state index is 11.9. The van der Waals surface area contributed by atoms with Gasteiger partial charge in [0.15, 0.2) is 0 Å². The first-order chi connectivity index (χ1) is 8.99. The van der Waals surface area contributed by atoms with Crippen molar-refractivity contribution in [2.45, 2.75) is 19.3 Å². The Balaban J connectivity index is 2.97. The van der Waals surface area contributed by atoms with Gasteiger partial charge in [0.05, 0.1) is 20.1 Å². The Hall–Kier alpha value is -1.55. The fourth-order valence-electron chi connectivity index (χ4n) is 1.96. The van der Waals surface area contributed by atoms with Gasteiger partial charge in [-0.15, -0.1) is 0 Å². The molecule has 0 N–H and O–H groups in total. The second-order valence-electron chi connectivity index (χ2n) is 4.31. The van der Waals surface area contributed by atoms with Gasteiger partial charge in [-0.2, -0.15) is 0 Å². The average molecular weight is 285 g/mol. The molecule has 0 saturated carbocycles. The number of esters is 2. The summed E-state index contributed by atoms with van der Waals surface area (Å²) in [7, 11) is 2.65. The Labute approximate surface area is 117 Å². The molecule has 0 aromatic heterocycles. The van der Waals surface area contributed by atoms with E-state index >= 15 is 0 Å². The van der Waals surface area contributed by atoms with E-state index in [1.807, 2.05) is 6.92 Å². The summed E-state index contributed by atoms with van der Waals surface area (Å²) < 4.78 is 9.44. The normalized spacial score (nSPS) is 13.5. The van der Waals surface area contributed by atoms with E-state index in [9.17, 15) is 9.59 Å². The standard InChI is InChI=1S/C14H17ClO4/c1-9(8-12(16)18-2)13(14(17)19-3)10-4-6-11(15)7-5-10/h4-7,9,13H,8H2,1-3H3/t9?,13-/m0/s1. The molecule has 0 heterocycles. The lowest BCUT2D eigenvalue weighted by Gasteiger charge is -2.21. The number of hydrogen-bond donors (Lipinski definition) is 0. The van der Waals surface area contributed by atoms with Gasteiger partial charge >= 0.3 is 11.9 Å². The van der Waals surface area contributed by atoms with Gasteiger partial charge in [0, 0.05) is 11.4 Å². The molecule has 0 amide bonds. The zero-order chi connectivity index (χ0) is 14.4. The summed E-state index contributed by atoms with van der Waals surface area (Å²) >= 11 is 5.83. The zero-order valence-electron chi connectivity index (χ0n) is 11.2. The molecule has 0 saturated heterocycles. The van der Waals surface area contributed by atoms with Crippen molar-refractivity contribution in [3.05, 3.63) is 34.9 Å². The summed E-state index contributed by atoms with van der Waals surface area (Å²) in [5.41, 5.74) is 0.771. The van der Waals surface area contributed by atoms with Gasteiger partial charge in [0.1, 0.15) is 0 Å². The number of benzene rings is 1. The van der Waals surface area contributed by atoms with Gasteiger partial charge in [-0.1, -0.05) is 30.7 Å². The molecule has 1 rings (SSSR count). The fourth-order valence-corrected chi connectivity index (χ4v) is 2.08. The monoisotopic (exact) mass is 284 g/mol. The molecular weight excluding hydrogens is 268 g/mol. The van der Waals surface area contributed by atoms with Crippen LogP contribution in [0.15, 0.2) is 24.3 Å². The lowest BCUT2D eigenvalue weighted by atomic mass is 9.85. The van der Waals surface area contributed by atoms with Crippen molar-refractivity contribution >= 4 is 23.5 Å². The van der Waals surface area contributed by atoms with Crippen LogP contribution in [0, 0.1) is 5.92 Å². The number of carbonyl (C=O) groups excluding carboxylic acids is 2. The molecule has 1 unspecified atom stereocenters. The van der Waals surface area contributed by atoms with Crippen molar-refractivity contribution in [3.8, 4) is 0 Å². The van der Waals surface area contributed by atoms with Gasteiger partial charge in [0.2, 0.25) is 0 Å². The third-order valence-corrected chi connectivity index (χ3v) is 3.22. The molecule has 0 aliphatic rings. The summed E-state index contributed by atoms with van der Waals surface area (Å²) in [5.74, 6) is -1.46. The number of hydrogen-bond acceptors (Lipinski definition) is 4. The van der Waals surface area contributed by atoms with E-state index < -0.39 is 5.92 Å². The van der Waals surface area contributed by atoms with Crippen LogP contribution in [0.25, 0.3) is 0 Å². The topological polar surface area (TPSA) is 52.6 Å². The average Bonchev–Trinajstić information content (AvgIpc) is 2.40. The first kappa shape index (κ1) is 15.5. The van der Waals surface area contributed by atoms with Crippen LogP contribution >= 0.6 is 11.6 Å². The van der Waals surface area contributed by atoms with Crippen LogP contribution in [0.4, 0.5) is 0 Å². The minimum atomic E-state index is -0.513. The summed E-state index contributed by atoms with van der Waals surface area (Å²) in [6.45, 7) is 1.81. The lowest BCUT2D eigenvalue weighted by Crippen LogP contribution is -2.23. The van der Waals surface area contributed by atoms with E-state index in [4.69, 9.17) is 16.3 Å². The minimum Gasteiger partial charge on any atom is -0.469 e. The third-order valence-electron chi connectivity index (χ3n) is 2.97. The molecule has 4 nitrogen and oxygen atoms in total. The van der Waals surface area contributed by atoms with E-state index in [0.29, 0.717) is 5.02 Å². The Morgan fingerprint density at radius 3 is 2.21 bits per heavy atom. The molecule has 1 aromatic rings. The molecule has 0 radical (unpaired) electrons. The second kappa shape index (κ2) is 7.14. The maximum absolute atomic E-state index is 11.9. The van der Waals surface area contributed by atoms with E-state index in [0.717, 1.165) is 5.56 Å². The molecular formula is C14H17ClO4. The van der Waals surface area contributed by atoms with Crippen LogP contribution in [0.1, 0.15) is 24.8 Å². The highest BCUT2D eigenvalue weighted by molar-refractivity contribution is 6.30. The highest BCUT2D eigenvalue weighted by Gasteiger charge is 2.29. The van der Waals surface area contributed by atoms with Crippen LogP contribution in [0.2, 0.25) is 5.02 Å². The molecule has 2 atom stereocenters. The summed E-state index contributed by atoms with van der Waals surface area (Å²) in [6.07, 6.45) is 0.152. The Bertz CT molecular complexity index is 441. The van der Waals surface area contributed by atoms with E-state index in [2.05, 4.69) is 4.74 Å². The van der Waals surface area contributed by atoms with E-state index in [1.165, 1.54) is 14.2 Å². The SMILES string of the molecule is COC(=O)CC(C)[C@H](C(=O)OC)c1ccc(Cl)cc1. The quantitative estimate of drug-likeness (QED) is 0.780. The van der Waals surface area contributed by atoms with Gasteiger partial charge in [0.25, 0.3) is 0 Å². The Morgan fingerprint density at radius 1 is 1.16 bits per heavy atom. The van der Waals surface area contributed by atoms with Gasteiger partial charge < -0.3 is 9.47 Å². The summed E-state index contributed by atoms with van der Waals surface area (Å²) in [5, 5.41) is 0.591. The fraction of sp³-hybridized carbons (Fsp3) is 0.429. The van der Waals surface area contributed by atoms with Crippen LogP contribution < -0.4 is 0 Å². The molecule has 0 fully saturated rings. The summed E-state index contributed by atoms with van der Waals surface area (Å²) in [4.78, 5) is 23.2. The van der Waals surface area contributed by atoms with Crippen LogP contribution in [0.5, 0.6) is 0 Å². The predicted octanol–water partition coefficient (Wildman–Crippen LogP) is 2.80. The number of methoxy groups -OCH3 is 2. The summed E-state index contributed by atoms with van der Waals surface area (Å²) in [6, 6.07) is 6.94. The number of carbonyl (C=O) groups is 2. The molecule has 0 aliphatic carbocycles. The van der Waals surface area contributed by atoms with E-state index in [1.54, 1.807) is 24.3 Å². The minimum absolute atomic E-state index is 0.152. The van der Waals surface area contributed by atoms with Crippen molar-refractivity contribution in [2.75, 3.05) is 14.2 Å². The van der Waals surface area contributed by atoms with Crippen LogP contribution in [0.3, 0.4) is 0 Å². The van der Waals surface area contributed by atoms with E-state index in [-0.39, 0.29) is 24.3 Å². The first-order valence-corrected chi connectivity index (χ1v) is 6.27. The molecule has 1 aromatic carbocycles. The van der Waals surface area contributed by atoms with Gasteiger partial charge in [-0.3, -0.25) is 9.59 Å². The number of rotatable bonds is 5. The Morgan fingerprint density at radius 2 is 1.74 bits per heavy atom. The van der Waals surface area contributed by atoms with Crippen molar-refractivity contribution < 1.29 is 19.1 Å². The molecule has 19 heavy (non-hydrogen) atoms. The van der Waals surface area contributed by atoms with Gasteiger partial charge in [-0.05, 0) is 23.6 Å². The van der Waals surface area contributed by atoms with Crippen LogP contribution in [-0.2, 0) is 19.1 Å². The van der Waals surface area contributed by atoms with Crippen molar-refractivity contribution in [1.82, 2.24) is 0 Å². The smallest absolute Gasteiger partial charge is 0.313 e.